The Bertz CT molecular complexity index is 200. The standard InChI is InChI=1S/C12H21NO/c1-2-3-4-9-12(14)10-7-5-6-8-11(10)13/h2,10-11H,1,3-9,13H2. The molecule has 0 radical (unpaired) electrons. The molecule has 1 fully saturated rings. The number of carbonyl (C=O) groups excluding carboxylic acids is 1. The van der Waals surface area contributed by atoms with Gasteiger partial charge in [-0.2, -0.15) is 0 Å². The van der Waals surface area contributed by atoms with Crippen molar-refractivity contribution in [3.05, 3.63) is 12.7 Å². The van der Waals surface area contributed by atoms with E-state index in [0.717, 1.165) is 25.7 Å². The molecule has 2 heteroatoms. The zero-order valence-electron chi connectivity index (χ0n) is 8.87. The number of allylic oxidation sites excluding steroid dienone is 1. The third-order valence-corrected chi connectivity index (χ3v) is 3.06. The molecule has 0 spiro atoms. The molecule has 0 amide bonds. The van der Waals surface area contributed by atoms with Crippen LogP contribution in [0.4, 0.5) is 0 Å². The molecule has 2 N–H and O–H groups in total. The van der Waals surface area contributed by atoms with Gasteiger partial charge in [-0.05, 0) is 25.7 Å². The highest BCUT2D eigenvalue weighted by Gasteiger charge is 2.27. The van der Waals surface area contributed by atoms with Gasteiger partial charge in [0.15, 0.2) is 0 Å². The fourth-order valence-electron chi connectivity index (χ4n) is 2.17. The number of unbranched alkanes of at least 4 members (excludes halogenated alkanes) is 1. The Balaban J connectivity index is 2.30. The molecular formula is C12H21NO. The van der Waals surface area contributed by atoms with E-state index in [1.807, 2.05) is 6.08 Å². The Morgan fingerprint density at radius 1 is 1.43 bits per heavy atom. The van der Waals surface area contributed by atoms with Crippen LogP contribution in [0.1, 0.15) is 44.9 Å². The zero-order valence-corrected chi connectivity index (χ0v) is 8.87. The highest BCUT2D eigenvalue weighted by Crippen LogP contribution is 2.25. The summed E-state index contributed by atoms with van der Waals surface area (Å²) < 4.78 is 0. The molecular weight excluding hydrogens is 174 g/mol. The molecule has 1 aliphatic rings. The van der Waals surface area contributed by atoms with Crippen molar-refractivity contribution in [2.24, 2.45) is 11.7 Å². The van der Waals surface area contributed by atoms with Gasteiger partial charge in [0.1, 0.15) is 5.78 Å². The average molecular weight is 195 g/mol. The first-order valence-corrected chi connectivity index (χ1v) is 5.65. The first kappa shape index (κ1) is 11.4. The van der Waals surface area contributed by atoms with E-state index in [-0.39, 0.29) is 12.0 Å². The fraction of sp³-hybridized carbons (Fsp3) is 0.750. The van der Waals surface area contributed by atoms with Gasteiger partial charge in [-0.1, -0.05) is 18.9 Å². The van der Waals surface area contributed by atoms with Crippen LogP contribution in [0.15, 0.2) is 12.7 Å². The highest BCUT2D eigenvalue weighted by atomic mass is 16.1. The molecule has 0 aliphatic heterocycles. The summed E-state index contributed by atoms with van der Waals surface area (Å²) in [6.07, 6.45) is 8.83. The van der Waals surface area contributed by atoms with Crippen molar-refractivity contribution >= 4 is 5.78 Å². The van der Waals surface area contributed by atoms with Crippen molar-refractivity contribution in [2.45, 2.75) is 51.0 Å². The van der Waals surface area contributed by atoms with Gasteiger partial charge in [-0.25, -0.2) is 0 Å². The summed E-state index contributed by atoms with van der Waals surface area (Å²) in [7, 11) is 0. The summed E-state index contributed by atoms with van der Waals surface area (Å²) >= 11 is 0. The summed E-state index contributed by atoms with van der Waals surface area (Å²) in [5.41, 5.74) is 5.94. The van der Waals surface area contributed by atoms with E-state index in [0.29, 0.717) is 12.2 Å². The molecule has 1 aliphatic carbocycles. The molecule has 0 saturated heterocycles. The Hall–Kier alpha value is -0.630. The van der Waals surface area contributed by atoms with Crippen LogP contribution in [0.5, 0.6) is 0 Å². The topological polar surface area (TPSA) is 43.1 Å². The fourth-order valence-corrected chi connectivity index (χ4v) is 2.17. The van der Waals surface area contributed by atoms with Gasteiger partial charge in [0.2, 0.25) is 0 Å². The minimum atomic E-state index is 0.125. The van der Waals surface area contributed by atoms with Crippen LogP contribution in [0.3, 0.4) is 0 Å². The Labute approximate surface area is 86.6 Å². The van der Waals surface area contributed by atoms with E-state index in [4.69, 9.17) is 5.73 Å². The first-order valence-electron chi connectivity index (χ1n) is 5.65. The maximum Gasteiger partial charge on any atom is 0.137 e. The molecule has 2 atom stereocenters. The van der Waals surface area contributed by atoms with Crippen molar-refractivity contribution < 1.29 is 4.79 Å². The van der Waals surface area contributed by atoms with E-state index in [1.165, 1.54) is 12.8 Å². The van der Waals surface area contributed by atoms with Gasteiger partial charge >= 0.3 is 0 Å². The molecule has 80 valence electrons. The SMILES string of the molecule is C=CCCCC(=O)C1CCCCC1N. The molecule has 0 aromatic rings. The Morgan fingerprint density at radius 3 is 2.79 bits per heavy atom. The Kier molecular flexibility index (Phi) is 4.88. The van der Waals surface area contributed by atoms with Crippen molar-refractivity contribution in [1.82, 2.24) is 0 Å². The first-order chi connectivity index (χ1) is 6.75. The smallest absolute Gasteiger partial charge is 0.137 e. The second-order valence-electron chi connectivity index (χ2n) is 4.20. The van der Waals surface area contributed by atoms with Gasteiger partial charge in [0, 0.05) is 18.4 Å². The number of hydrogen-bond acceptors (Lipinski definition) is 2. The lowest BCUT2D eigenvalue weighted by molar-refractivity contribution is -0.124. The highest BCUT2D eigenvalue weighted by molar-refractivity contribution is 5.81. The van der Waals surface area contributed by atoms with Crippen LogP contribution >= 0.6 is 0 Å². The van der Waals surface area contributed by atoms with E-state index < -0.39 is 0 Å². The second kappa shape index (κ2) is 5.97. The van der Waals surface area contributed by atoms with Gasteiger partial charge in [-0.3, -0.25) is 4.79 Å². The predicted octanol–water partition coefficient (Wildman–Crippen LogP) is 2.43. The number of Topliss-reactive ketones (excluding diaryl/α,β-unsaturated/α-hetero) is 1. The molecule has 2 nitrogen and oxygen atoms in total. The summed E-state index contributed by atoms with van der Waals surface area (Å²) in [6.45, 7) is 3.65. The van der Waals surface area contributed by atoms with Crippen LogP contribution in [0, 0.1) is 5.92 Å². The van der Waals surface area contributed by atoms with E-state index in [9.17, 15) is 4.79 Å². The van der Waals surface area contributed by atoms with Crippen molar-refractivity contribution in [3.63, 3.8) is 0 Å². The lowest BCUT2D eigenvalue weighted by Gasteiger charge is -2.27. The molecule has 0 aromatic carbocycles. The molecule has 1 saturated carbocycles. The third kappa shape index (κ3) is 3.26. The minimum absolute atomic E-state index is 0.125. The number of ketones is 1. The van der Waals surface area contributed by atoms with Crippen LogP contribution in [0.25, 0.3) is 0 Å². The summed E-state index contributed by atoms with van der Waals surface area (Å²) in [5, 5.41) is 0. The molecule has 1 rings (SSSR count). The van der Waals surface area contributed by atoms with Crippen LogP contribution in [0.2, 0.25) is 0 Å². The number of rotatable bonds is 5. The normalized spacial score (nSPS) is 27.2. The van der Waals surface area contributed by atoms with Crippen molar-refractivity contribution in [2.75, 3.05) is 0 Å². The number of hydrogen-bond donors (Lipinski definition) is 1. The van der Waals surface area contributed by atoms with Gasteiger partial charge in [0.25, 0.3) is 0 Å². The minimum Gasteiger partial charge on any atom is -0.327 e. The number of carbonyl (C=O) groups is 1. The quantitative estimate of drug-likeness (QED) is 0.541. The molecule has 0 heterocycles. The number of nitrogens with two attached hydrogens (primary N) is 1. The van der Waals surface area contributed by atoms with Gasteiger partial charge < -0.3 is 5.73 Å². The van der Waals surface area contributed by atoms with E-state index >= 15 is 0 Å². The van der Waals surface area contributed by atoms with Crippen LogP contribution < -0.4 is 5.73 Å². The lowest BCUT2D eigenvalue weighted by Crippen LogP contribution is -2.37. The third-order valence-electron chi connectivity index (χ3n) is 3.06. The van der Waals surface area contributed by atoms with Crippen LogP contribution in [-0.2, 0) is 4.79 Å². The summed E-state index contributed by atoms with van der Waals surface area (Å²) in [5.74, 6) is 0.521. The molecule has 0 bridgehead atoms. The predicted molar refractivity (Wildman–Crippen MR) is 59.0 cm³/mol. The van der Waals surface area contributed by atoms with E-state index in [1.54, 1.807) is 0 Å². The molecule has 2 unspecified atom stereocenters. The van der Waals surface area contributed by atoms with Crippen molar-refractivity contribution in [3.8, 4) is 0 Å². The Morgan fingerprint density at radius 2 is 2.14 bits per heavy atom. The van der Waals surface area contributed by atoms with E-state index in [2.05, 4.69) is 6.58 Å². The maximum absolute atomic E-state index is 11.8. The van der Waals surface area contributed by atoms with Crippen LogP contribution in [-0.4, -0.2) is 11.8 Å². The van der Waals surface area contributed by atoms with Crippen molar-refractivity contribution in [1.29, 1.82) is 0 Å². The summed E-state index contributed by atoms with van der Waals surface area (Å²) in [4.78, 5) is 11.8. The second-order valence-corrected chi connectivity index (χ2v) is 4.20. The lowest BCUT2D eigenvalue weighted by atomic mass is 9.81. The average Bonchev–Trinajstić information content (AvgIpc) is 2.18. The molecule has 14 heavy (non-hydrogen) atoms. The molecule has 0 aromatic heterocycles. The monoisotopic (exact) mass is 195 g/mol. The van der Waals surface area contributed by atoms with Gasteiger partial charge in [-0.15, -0.1) is 6.58 Å². The summed E-state index contributed by atoms with van der Waals surface area (Å²) in [6, 6.07) is 0.125. The largest absolute Gasteiger partial charge is 0.327 e. The zero-order chi connectivity index (χ0) is 10.4. The van der Waals surface area contributed by atoms with Gasteiger partial charge in [0.05, 0.1) is 0 Å². The maximum atomic E-state index is 11.8.